The smallest absolute Gasteiger partial charge is 0.128 e. The summed E-state index contributed by atoms with van der Waals surface area (Å²) >= 11 is 0. The summed E-state index contributed by atoms with van der Waals surface area (Å²) in [6.07, 6.45) is 0. The van der Waals surface area contributed by atoms with E-state index >= 15 is 0 Å². The van der Waals surface area contributed by atoms with Gasteiger partial charge in [-0.1, -0.05) is 36.4 Å². The highest BCUT2D eigenvalue weighted by molar-refractivity contribution is 5.44. The molecule has 1 aliphatic rings. The molecule has 1 saturated heterocycles. The van der Waals surface area contributed by atoms with Crippen LogP contribution in [-0.2, 0) is 0 Å². The van der Waals surface area contributed by atoms with Crippen molar-refractivity contribution < 1.29 is 0 Å². The molecule has 0 radical (unpaired) electrons. The normalized spacial score (nSPS) is 16.8. The van der Waals surface area contributed by atoms with E-state index in [4.69, 9.17) is 10.7 Å². The highest BCUT2D eigenvalue weighted by atomic mass is 15.2. The first-order chi connectivity index (χ1) is 10.3. The molecule has 110 valence electrons. The molecule has 0 spiro atoms. The van der Waals surface area contributed by atoms with Gasteiger partial charge in [-0.05, 0) is 24.1 Å². The Hall–Kier alpha value is -1.91. The van der Waals surface area contributed by atoms with Gasteiger partial charge in [0.05, 0.1) is 6.04 Å². The molecular formula is C17H22N4. The van der Waals surface area contributed by atoms with Gasteiger partial charge in [-0.3, -0.25) is 0 Å². The van der Waals surface area contributed by atoms with Crippen LogP contribution in [0.15, 0.2) is 42.5 Å². The van der Waals surface area contributed by atoms with Gasteiger partial charge >= 0.3 is 0 Å². The summed E-state index contributed by atoms with van der Waals surface area (Å²) in [4.78, 5) is 7.08. The zero-order valence-corrected chi connectivity index (χ0v) is 12.4. The molecule has 1 aromatic heterocycles. The number of nitrogens with zero attached hydrogens (tertiary/aromatic N) is 2. The van der Waals surface area contributed by atoms with Crippen LogP contribution in [0, 0.1) is 6.92 Å². The third-order valence-corrected chi connectivity index (χ3v) is 4.05. The lowest BCUT2D eigenvalue weighted by atomic mass is 9.98. The van der Waals surface area contributed by atoms with Gasteiger partial charge in [-0.2, -0.15) is 0 Å². The largest absolute Gasteiger partial charge is 0.354 e. The van der Waals surface area contributed by atoms with Gasteiger partial charge in [-0.15, -0.1) is 0 Å². The fourth-order valence-electron chi connectivity index (χ4n) is 2.80. The molecule has 0 saturated carbocycles. The Bertz CT molecular complexity index is 591. The zero-order valence-electron chi connectivity index (χ0n) is 12.4. The SMILES string of the molecule is Cc1nc(N2CCNCC2)ccc1[C@H](N)c1ccccc1. The molecule has 21 heavy (non-hydrogen) atoms. The van der Waals surface area contributed by atoms with Crippen molar-refractivity contribution in [1.29, 1.82) is 0 Å². The summed E-state index contributed by atoms with van der Waals surface area (Å²) in [7, 11) is 0. The lowest BCUT2D eigenvalue weighted by molar-refractivity contribution is 0.584. The molecule has 0 bridgehead atoms. The molecular weight excluding hydrogens is 260 g/mol. The van der Waals surface area contributed by atoms with E-state index in [1.807, 2.05) is 25.1 Å². The van der Waals surface area contributed by atoms with E-state index in [1.54, 1.807) is 0 Å². The van der Waals surface area contributed by atoms with E-state index in [9.17, 15) is 0 Å². The Kier molecular flexibility index (Phi) is 4.18. The van der Waals surface area contributed by atoms with Crippen molar-refractivity contribution in [1.82, 2.24) is 10.3 Å². The molecule has 3 rings (SSSR count). The van der Waals surface area contributed by atoms with Crippen molar-refractivity contribution in [3.63, 3.8) is 0 Å². The van der Waals surface area contributed by atoms with Gasteiger partial charge in [0.25, 0.3) is 0 Å². The topological polar surface area (TPSA) is 54.2 Å². The van der Waals surface area contributed by atoms with Crippen molar-refractivity contribution >= 4 is 5.82 Å². The first-order valence-electron chi connectivity index (χ1n) is 7.49. The van der Waals surface area contributed by atoms with Crippen LogP contribution in [0.3, 0.4) is 0 Å². The Labute approximate surface area is 126 Å². The highest BCUT2D eigenvalue weighted by Gasteiger charge is 2.16. The van der Waals surface area contributed by atoms with Crippen LogP contribution >= 0.6 is 0 Å². The quantitative estimate of drug-likeness (QED) is 0.902. The minimum Gasteiger partial charge on any atom is -0.354 e. The number of anilines is 1. The van der Waals surface area contributed by atoms with Crippen LogP contribution in [0.25, 0.3) is 0 Å². The predicted molar refractivity (Wildman–Crippen MR) is 86.5 cm³/mol. The fraction of sp³-hybridized carbons (Fsp3) is 0.353. The monoisotopic (exact) mass is 282 g/mol. The van der Waals surface area contributed by atoms with Gasteiger partial charge in [0.15, 0.2) is 0 Å². The van der Waals surface area contributed by atoms with Crippen molar-refractivity contribution in [2.75, 3.05) is 31.1 Å². The Balaban J connectivity index is 1.84. The van der Waals surface area contributed by atoms with Gasteiger partial charge < -0.3 is 16.0 Å². The molecule has 4 nitrogen and oxygen atoms in total. The number of hydrogen-bond acceptors (Lipinski definition) is 4. The first-order valence-corrected chi connectivity index (χ1v) is 7.49. The number of nitrogens with two attached hydrogens (primary N) is 1. The van der Waals surface area contributed by atoms with Crippen LogP contribution in [0.1, 0.15) is 22.9 Å². The van der Waals surface area contributed by atoms with Crippen LogP contribution < -0.4 is 16.0 Å². The van der Waals surface area contributed by atoms with Crippen LogP contribution in [0.2, 0.25) is 0 Å². The maximum atomic E-state index is 6.38. The van der Waals surface area contributed by atoms with Crippen molar-refractivity contribution in [3.8, 4) is 0 Å². The molecule has 1 aromatic carbocycles. The number of aryl methyl sites for hydroxylation is 1. The summed E-state index contributed by atoms with van der Waals surface area (Å²) in [6, 6.07) is 14.3. The standard InChI is InChI=1S/C17H22N4/c1-13-15(17(18)14-5-3-2-4-6-14)7-8-16(20-13)21-11-9-19-10-12-21/h2-8,17,19H,9-12,18H2,1H3/t17-/m1/s1. The second-order valence-corrected chi connectivity index (χ2v) is 5.47. The Morgan fingerprint density at radius 2 is 1.81 bits per heavy atom. The third-order valence-electron chi connectivity index (χ3n) is 4.05. The lowest BCUT2D eigenvalue weighted by Crippen LogP contribution is -2.44. The van der Waals surface area contributed by atoms with Crippen molar-refractivity contribution in [3.05, 3.63) is 59.3 Å². The number of nitrogens with one attached hydrogen (secondary N) is 1. The van der Waals surface area contributed by atoms with E-state index in [-0.39, 0.29) is 6.04 Å². The average Bonchev–Trinajstić information content (AvgIpc) is 2.56. The summed E-state index contributed by atoms with van der Waals surface area (Å²) in [5.74, 6) is 1.05. The zero-order chi connectivity index (χ0) is 14.7. The molecule has 2 aromatic rings. The number of benzene rings is 1. The van der Waals surface area contributed by atoms with E-state index in [2.05, 4.69) is 34.5 Å². The van der Waals surface area contributed by atoms with E-state index < -0.39 is 0 Å². The van der Waals surface area contributed by atoms with E-state index in [0.717, 1.165) is 48.8 Å². The number of pyridine rings is 1. The minimum absolute atomic E-state index is 0.115. The molecule has 0 unspecified atom stereocenters. The maximum absolute atomic E-state index is 6.38. The summed E-state index contributed by atoms with van der Waals surface area (Å²) < 4.78 is 0. The Morgan fingerprint density at radius 1 is 1.10 bits per heavy atom. The maximum Gasteiger partial charge on any atom is 0.128 e. The van der Waals surface area contributed by atoms with Crippen LogP contribution in [-0.4, -0.2) is 31.2 Å². The highest BCUT2D eigenvalue weighted by Crippen LogP contribution is 2.24. The second-order valence-electron chi connectivity index (χ2n) is 5.47. The summed E-state index contributed by atoms with van der Waals surface area (Å²) in [5.41, 5.74) is 9.62. The van der Waals surface area contributed by atoms with E-state index in [1.165, 1.54) is 0 Å². The summed E-state index contributed by atoms with van der Waals surface area (Å²) in [5, 5.41) is 3.36. The van der Waals surface area contributed by atoms with Crippen LogP contribution in [0.4, 0.5) is 5.82 Å². The molecule has 3 N–H and O–H groups in total. The number of rotatable bonds is 3. The fourth-order valence-corrected chi connectivity index (χ4v) is 2.80. The average molecular weight is 282 g/mol. The molecule has 1 fully saturated rings. The van der Waals surface area contributed by atoms with Gasteiger partial charge in [-0.25, -0.2) is 4.98 Å². The molecule has 2 heterocycles. The second kappa shape index (κ2) is 6.24. The third kappa shape index (κ3) is 3.06. The van der Waals surface area contributed by atoms with E-state index in [0.29, 0.717) is 0 Å². The number of hydrogen-bond donors (Lipinski definition) is 2. The number of piperazine rings is 1. The molecule has 0 amide bonds. The minimum atomic E-state index is -0.115. The summed E-state index contributed by atoms with van der Waals surface area (Å²) in [6.45, 7) is 6.11. The van der Waals surface area contributed by atoms with Crippen LogP contribution in [0.5, 0.6) is 0 Å². The number of aromatic nitrogens is 1. The molecule has 0 aliphatic carbocycles. The molecule has 4 heteroatoms. The Morgan fingerprint density at radius 3 is 2.48 bits per heavy atom. The van der Waals surface area contributed by atoms with Crippen molar-refractivity contribution in [2.45, 2.75) is 13.0 Å². The lowest BCUT2D eigenvalue weighted by Gasteiger charge is -2.29. The molecule has 1 atom stereocenters. The predicted octanol–water partition coefficient (Wildman–Crippen LogP) is 1.85. The van der Waals surface area contributed by atoms with Gasteiger partial charge in [0.1, 0.15) is 5.82 Å². The van der Waals surface area contributed by atoms with Gasteiger partial charge in [0, 0.05) is 31.9 Å². The van der Waals surface area contributed by atoms with Gasteiger partial charge in [0.2, 0.25) is 0 Å². The first kappa shape index (κ1) is 14.0. The van der Waals surface area contributed by atoms with Crippen molar-refractivity contribution in [2.24, 2.45) is 5.73 Å². The molecule has 1 aliphatic heterocycles.